The number of carboxylic acids is 1. The molecular formula is C27H22ClFN4O2. The van der Waals surface area contributed by atoms with E-state index in [0.717, 1.165) is 16.8 Å². The van der Waals surface area contributed by atoms with Gasteiger partial charge in [0.15, 0.2) is 0 Å². The number of carboxylic acid groups (broad SMARTS) is 1. The lowest BCUT2D eigenvalue weighted by molar-refractivity contribution is 0.0697. The first-order valence-electron chi connectivity index (χ1n) is 10.5. The van der Waals surface area contributed by atoms with Gasteiger partial charge in [0, 0.05) is 38.7 Å². The van der Waals surface area contributed by atoms with E-state index in [4.69, 9.17) is 26.7 Å². The van der Waals surface area contributed by atoms with Crippen LogP contribution in [0.1, 0.15) is 40.2 Å². The van der Waals surface area contributed by atoms with Crippen LogP contribution in [0.25, 0.3) is 11.3 Å². The summed E-state index contributed by atoms with van der Waals surface area (Å²) in [4.78, 5) is 25.2. The van der Waals surface area contributed by atoms with E-state index in [0.29, 0.717) is 39.2 Å². The summed E-state index contributed by atoms with van der Waals surface area (Å²) in [6.07, 6.45) is 0. The Labute approximate surface area is 207 Å². The third-order valence-electron chi connectivity index (χ3n) is 5.62. The van der Waals surface area contributed by atoms with Crippen LogP contribution in [0, 0.1) is 12.7 Å². The van der Waals surface area contributed by atoms with Crippen LogP contribution in [-0.4, -0.2) is 26.8 Å². The number of fused-ring (bicyclic) bond motifs is 3. The fourth-order valence-corrected chi connectivity index (χ4v) is 4.11. The average Bonchev–Trinajstić information content (AvgIpc) is 2.97. The SMILES string of the molecule is C.Cc1nc(Nc2ccc(C(=O)O)cc2)nc2c1CN=C(c1ccccc1F)c1cc(Cl)ccc1-2. The topological polar surface area (TPSA) is 87.5 Å². The molecule has 2 heterocycles. The Morgan fingerprint density at radius 3 is 2.46 bits per heavy atom. The second kappa shape index (κ2) is 9.64. The maximum atomic E-state index is 14.7. The van der Waals surface area contributed by atoms with Gasteiger partial charge in [-0.15, -0.1) is 0 Å². The van der Waals surface area contributed by atoms with Crippen molar-refractivity contribution in [3.05, 3.63) is 106 Å². The van der Waals surface area contributed by atoms with E-state index in [-0.39, 0.29) is 25.4 Å². The number of anilines is 2. The molecule has 8 heteroatoms. The summed E-state index contributed by atoms with van der Waals surface area (Å²) >= 11 is 6.32. The van der Waals surface area contributed by atoms with E-state index in [9.17, 15) is 9.18 Å². The van der Waals surface area contributed by atoms with Crippen LogP contribution in [-0.2, 0) is 6.54 Å². The molecule has 0 saturated carbocycles. The number of aromatic carboxylic acids is 1. The highest BCUT2D eigenvalue weighted by Crippen LogP contribution is 2.35. The van der Waals surface area contributed by atoms with E-state index >= 15 is 0 Å². The van der Waals surface area contributed by atoms with Crippen LogP contribution in [0.4, 0.5) is 16.0 Å². The molecule has 0 unspecified atom stereocenters. The minimum Gasteiger partial charge on any atom is -0.478 e. The average molecular weight is 489 g/mol. The van der Waals surface area contributed by atoms with E-state index in [1.54, 1.807) is 42.5 Å². The number of hydrogen-bond donors (Lipinski definition) is 2. The van der Waals surface area contributed by atoms with Gasteiger partial charge in [-0.05, 0) is 55.5 Å². The minimum atomic E-state index is -0.996. The lowest BCUT2D eigenvalue weighted by atomic mass is 9.94. The fourth-order valence-electron chi connectivity index (χ4n) is 3.93. The normalized spacial score (nSPS) is 11.9. The minimum absolute atomic E-state index is 0. The van der Waals surface area contributed by atoms with Gasteiger partial charge in [0.25, 0.3) is 0 Å². The van der Waals surface area contributed by atoms with Crippen LogP contribution in [0.2, 0.25) is 5.02 Å². The number of rotatable bonds is 4. The summed E-state index contributed by atoms with van der Waals surface area (Å²) in [6.45, 7) is 2.16. The lowest BCUT2D eigenvalue weighted by Gasteiger charge is -2.14. The van der Waals surface area contributed by atoms with Crippen molar-refractivity contribution in [3.63, 3.8) is 0 Å². The van der Waals surface area contributed by atoms with Crippen molar-refractivity contribution in [1.29, 1.82) is 0 Å². The van der Waals surface area contributed by atoms with Gasteiger partial charge in [0.1, 0.15) is 5.82 Å². The summed E-state index contributed by atoms with van der Waals surface area (Å²) in [6, 6.07) is 18.2. The molecule has 4 aromatic rings. The van der Waals surface area contributed by atoms with Crippen LogP contribution < -0.4 is 5.32 Å². The first kappa shape index (κ1) is 24.0. The van der Waals surface area contributed by atoms with Gasteiger partial charge in [-0.2, -0.15) is 0 Å². The Hall–Kier alpha value is -4.10. The van der Waals surface area contributed by atoms with Gasteiger partial charge >= 0.3 is 5.97 Å². The largest absolute Gasteiger partial charge is 0.478 e. The highest BCUT2D eigenvalue weighted by Gasteiger charge is 2.24. The van der Waals surface area contributed by atoms with Crippen LogP contribution in [0.3, 0.4) is 0 Å². The van der Waals surface area contributed by atoms with Crippen molar-refractivity contribution >= 4 is 34.9 Å². The standard InChI is InChI=1S/C26H18ClFN4O2.CH4/c1-14-21-13-29-23(19-4-2-3-5-22(19)28)20-12-16(27)8-11-18(20)24(21)32-26(30-14)31-17-9-6-15(7-10-17)25(33)34;/h2-12H,13H2,1H3,(H,33,34)(H,30,31,32);1H4. The molecule has 0 radical (unpaired) electrons. The molecule has 0 fully saturated rings. The zero-order valence-corrected chi connectivity index (χ0v) is 18.8. The smallest absolute Gasteiger partial charge is 0.335 e. The number of carbonyl (C=O) groups is 1. The number of aliphatic imine (C=N–C) groups is 1. The van der Waals surface area contributed by atoms with Crippen molar-refractivity contribution in [2.24, 2.45) is 4.99 Å². The molecule has 0 saturated heterocycles. The molecule has 0 atom stereocenters. The van der Waals surface area contributed by atoms with Crippen molar-refractivity contribution in [2.45, 2.75) is 20.9 Å². The molecule has 5 rings (SSSR count). The summed E-state index contributed by atoms with van der Waals surface area (Å²) in [5.74, 6) is -1.01. The highest BCUT2D eigenvalue weighted by molar-refractivity contribution is 6.31. The molecule has 1 aliphatic rings. The Bertz CT molecular complexity index is 1470. The van der Waals surface area contributed by atoms with Gasteiger partial charge in [-0.1, -0.05) is 37.2 Å². The van der Waals surface area contributed by atoms with Crippen LogP contribution >= 0.6 is 11.6 Å². The lowest BCUT2D eigenvalue weighted by Crippen LogP contribution is -2.07. The molecule has 0 bridgehead atoms. The van der Waals surface area contributed by atoms with Gasteiger partial charge in [-0.3, -0.25) is 4.99 Å². The molecule has 6 nitrogen and oxygen atoms in total. The number of hydrogen-bond acceptors (Lipinski definition) is 5. The van der Waals surface area contributed by atoms with Gasteiger partial charge in [0.2, 0.25) is 5.95 Å². The summed E-state index contributed by atoms with van der Waals surface area (Å²) < 4.78 is 14.7. The second-order valence-corrected chi connectivity index (χ2v) is 8.24. The number of nitrogens with zero attached hydrogens (tertiary/aromatic N) is 3. The summed E-state index contributed by atoms with van der Waals surface area (Å²) in [7, 11) is 0. The van der Waals surface area contributed by atoms with Crippen molar-refractivity contribution in [1.82, 2.24) is 9.97 Å². The van der Waals surface area contributed by atoms with E-state index in [1.165, 1.54) is 18.2 Å². The predicted octanol–water partition coefficient (Wildman–Crippen LogP) is 6.67. The molecule has 1 aromatic heterocycles. The number of aromatic nitrogens is 2. The molecule has 0 aliphatic carbocycles. The molecule has 176 valence electrons. The van der Waals surface area contributed by atoms with Crippen LogP contribution in [0.15, 0.2) is 71.7 Å². The maximum absolute atomic E-state index is 14.7. The summed E-state index contributed by atoms with van der Waals surface area (Å²) in [5.41, 5.74) is 5.44. The van der Waals surface area contributed by atoms with Crippen molar-refractivity contribution in [2.75, 3.05) is 5.32 Å². The number of benzene rings is 3. The van der Waals surface area contributed by atoms with E-state index < -0.39 is 5.97 Å². The molecule has 35 heavy (non-hydrogen) atoms. The third kappa shape index (κ3) is 4.63. The monoisotopic (exact) mass is 488 g/mol. The zero-order chi connectivity index (χ0) is 23.8. The van der Waals surface area contributed by atoms with Gasteiger partial charge < -0.3 is 10.4 Å². The molecular weight excluding hydrogens is 467 g/mol. The van der Waals surface area contributed by atoms with E-state index in [1.807, 2.05) is 13.0 Å². The molecule has 0 spiro atoms. The molecule has 1 aliphatic heterocycles. The number of aryl methyl sites for hydroxylation is 1. The first-order chi connectivity index (χ1) is 16.4. The highest BCUT2D eigenvalue weighted by atomic mass is 35.5. The van der Waals surface area contributed by atoms with Crippen molar-refractivity contribution < 1.29 is 14.3 Å². The van der Waals surface area contributed by atoms with Gasteiger partial charge in [0.05, 0.1) is 23.5 Å². The third-order valence-corrected chi connectivity index (χ3v) is 5.85. The number of halogens is 2. The Kier molecular flexibility index (Phi) is 6.62. The first-order valence-corrected chi connectivity index (χ1v) is 10.9. The fraction of sp³-hybridized carbons (Fsp3) is 0.111. The Balaban J connectivity index is 0.00000289. The molecule has 3 aromatic carbocycles. The van der Waals surface area contributed by atoms with Crippen LogP contribution in [0.5, 0.6) is 0 Å². The number of nitrogens with one attached hydrogen (secondary N) is 1. The summed E-state index contributed by atoms with van der Waals surface area (Å²) in [5, 5.41) is 12.8. The van der Waals surface area contributed by atoms with E-state index in [2.05, 4.69) is 10.3 Å². The Morgan fingerprint density at radius 1 is 1.00 bits per heavy atom. The quantitative estimate of drug-likeness (QED) is 0.335. The van der Waals surface area contributed by atoms with Crippen molar-refractivity contribution in [3.8, 4) is 11.3 Å². The molecule has 2 N–H and O–H groups in total. The van der Waals surface area contributed by atoms with Gasteiger partial charge in [-0.25, -0.2) is 19.2 Å². The zero-order valence-electron chi connectivity index (χ0n) is 18.0. The second-order valence-electron chi connectivity index (χ2n) is 7.80. The Morgan fingerprint density at radius 2 is 1.74 bits per heavy atom. The molecule has 0 amide bonds. The predicted molar refractivity (Wildman–Crippen MR) is 136 cm³/mol. The maximum Gasteiger partial charge on any atom is 0.335 e.